The fraction of sp³-hybridized carbons (Fsp3) is 0.636. The molecule has 0 radical (unpaired) electrons. The van der Waals surface area contributed by atoms with Gasteiger partial charge in [-0.05, 0) is 25.7 Å². The maximum absolute atomic E-state index is 8.75. The summed E-state index contributed by atoms with van der Waals surface area (Å²) in [5.74, 6) is 0. The number of rotatable bonds is 4. The zero-order valence-corrected chi connectivity index (χ0v) is 11.0. The Morgan fingerprint density at radius 3 is 3.12 bits per heavy atom. The third-order valence-electron chi connectivity index (χ3n) is 2.70. The Balaban J connectivity index is 1.75. The van der Waals surface area contributed by atoms with E-state index in [1.54, 1.807) is 0 Å². The van der Waals surface area contributed by atoms with Crippen molar-refractivity contribution >= 4 is 28.1 Å². The summed E-state index contributed by atoms with van der Waals surface area (Å²) in [5.41, 5.74) is 0. The van der Waals surface area contributed by atoms with Gasteiger partial charge in [-0.2, -0.15) is 5.26 Å². The number of ether oxygens (including phenoxy) is 1. The molecule has 0 bridgehead atoms. The van der Waals surface area contributed by atoms with E-state index in [9.17, 15) is 0 Å². The number of thiazole rings is 1. The van der Waals surface area contributed by atoms with Gasteiger partial charge < -0.3 is 10.1 Å². The quantitative estimate of drug-likeness (QED) is 0.914. The first-order valence-electron chi connectivity index (χ1n) is 5.71. The molecule has 0 aromatic carbocycles. The second-order valence-electron chi connectivity index (χ2n) is 3.95. The lowest BCUT2D eigenvalue weighted by molar-refractivity contribution is 0.0134. The SMILES string of the molecule is N#Cc1sc(NCCC2CCCCO2)nc1Cl. The van der Waals surface area contributed by atoms with Gasteiger partial charge in [-0.15, -0.1) is 0 Å². The van der Waals surface area contributed by atoms with E-state index in [-0.39, 0.29) is 5.15 Å². The summed E-state index contributed by atoms with van der Waals surface area (Å²) in [6.07, 6.45) is 4.91. The molecule has 1 aromatic heterocycles. The molecule has 2 heterocycles. The lowest BCUT2D eigenvalue weighted by atomic mass is 10.1. The number of hydrogen-bond donors (Lipinski definition) is 1. The van der Waals surface area contributed by atoms with Crippen LogP contribution in [0.25, 0.3) is 0 Å². The zero-order chi connectivity index (χ0) is 12.1. The summed E-state index contributed by atoms with van der Waals surface area (Å²) in [5, 5.41) is 12.9. The highest BCUT2D eigenvalue weighted by atomic mass is 35.5. The highest BCUT2D eigenvalue weighted by Crippen LogP contribution is 2.26. The Kier molecular flexibility index (Phi) is 4.60. The Bertz CT molecular complexity index is 409. The lowest BCUT2D eigenvalue weighted by Crippen LogP contribution is -2.21. The molecule has 1 aromatic rings. The highest BCUT2D eigenvalue weighted by molar-refractivity contribution is 7.16. The van der Waals surface area contributed by atoms with Crippen molar-refractivity contribution in [3.63, 3.8) is 0 Å². The Labute approximate surface area is 110 Å². The fourth-order valence-corrected chi connectivity index (χ4v) is 2.79. The molecule has 0 saturated carbocycles. The van der Waals surface area contributed by atoms with E-state index in [1.165, 1.54) is 24.2 Å². The number of aromatic nitrogens is 1. The van der Waals surface area contributed by atoms with E-state index in [1.807, 2.05) is 6.07 Å². The van der Waals surface area contributed by atoms with Crippen LogP contribution in [0.5, 0.6) is 0 Å². The molecule has 0 amide bonds. The first-order valence-corrected chi connectivity index (χ1v) is 6.91. The summed E-state index contributed by atoms with van der Waals surface area (Å²) in [6, 6.07) is 2.01. The number of anilines is 1. The van der Waals surface area contributed by atoms with Crippen molar-refractivity contribution in [2.45, 2.75) is 31.8 Å². The molecule has 92 valence electrons. The van der Waals surface area contributed by atoms with E-state index in [0.717, 1.165) is 26.0 Å². The van der Waals surface area contributed by atoms with Gasteiger partial charge in [0.1, 0.15) is 10.9 Å². The molecule has 17 heavy (non-hydrogen) atoms. The molecule has 1 aliphatic rings. The average Bonchev–Trinajstić information content (AvgIpc) is 2.71. The van der Waals surface area contributed by atoms with Gasteiger partial charge >= 0.3 is 0 Å². The normalized spacial score (nSPS) is 19.9. The summed E-state index contributed by atoms with van der Waals surface area (Å²) in [6.45, 7) is 1.69. The number of nitrogens with one attached hydrogen (secondary N) is 1. The Hall–Kier alpha value is -0.830. The standard InChI is InChI=1S/C11H14ClN3OS/c12-10-9(7-13)17-11(15-10)14-5-4-8-3-1-2-6-16-8/h8H,1-6H2,(H,14,15). The van der Waals surface area contributed by atoms with Gasteiger partial charge in [0, 0.05) is 13.2 Å². The molecule has 6 heteroatoms. The van der Waals surface area contributed by atoms with Crippen LogP contribution in [0.2, 0.25) is 5.15 Å². The molecular weight excluding hydrogens is 258 g/mol. The van der Waals surface area contributed by atoms with Crippen LogP contribution in [-0.2, 0) is 4.74 Å². The van der Waals surface area contributed by atoms with Crippen molar-refractivity contribution in [1.29, 1.82) is 5.26 Å². The summed E-state index contributed by atoms with van der Waals surface area (Å²) < 4.78 is 5.63. The van der Waals surface area contributed by atoms with Gasteiger partial charge in [-0.3, -0.25) is 0 Å². The summed E-state index contributed by atoms with van der Waals surface area (Å²) >= 11 is 7.07. The molecule has 0 aliphatic carbocycles. The Morgan fingerprint density at radius 2 is 2.47 bits per heavy atom. The minimum absolute atomic E-state index is 0.286. The second kappa shape index (κ2) is 6.20. The summed E-state index contributed by atoms with van der Waals surface area (Å²) in [4.78, 5) is 4.53. The average molecular weight is 272 g/mol. The predicted molar refractivity (Wildman–Crippen MR) is 68.5 cm³/mol. The fourth-order valence-electron chi connectivity index (χ4n) is 1.82. The van der Waals surface area contributed by atoms with Crippen molar-refractivity contribution in [2.24, 2.45) is 0 Å². The second-order valence-corrected chi connectivity index (χ2v) is 5.31. The monoisotopic (exact) mass is 271 g/mol. The van der Waals surface area contributed by atoms with Gasteiger partial charge in [0.25, 0.3) is 0 Å². The number of nitriles is 1. The first-order chi connectivity index (χ1) is 8.29. The Morgan fingerprint density at radius 1 is 1.59 bits per heavy atom. The third kappa shape index (κ3) is 3.56. The lowest BCUT2D eigenvalue weighted by Gasteiger charge is -2.22. The first kappa shape index (κ1) is 12.6. The van der Waals surface area contributed by atoms with Crippen molar-refractivity contribution in [3.8, 4) is 6.07 Å². The third-order valence-corrected chi connectivity index (χ3v) is 4.01. The molecule has 1 aliphatic heterocycles. The molecule has 4 nitrogen and oxygen atoms in total. The van der Waals surface area contributed by atoms with Crippen molar-refractivity contribution in [1.82, 2.24) is 4.98 Å². The van der Waals surface area contributed by atoms with Crippen LogP contribution >= 0.6 is 22.9 Å². The molecule has 1 unspecified atom stereocenters. The van der Waals surface area contributed by atoms with Crippen LogP contribution in [-0.4, -0.2) is 24.2 Å². The van der Waals surface area contributed by atoms with Gasteiger partial charge in [0.05, 0.1) is 6.10 Å². The molecule has 0 spiro atoms. The number of nitrogens with zero attached hydrogens (tertiary/aromatic N) is 2. The van der Waals surface area contributed by atoms with Crippen molar-refractivity contribution in [3.05, 3.63) is 10.0 Å². The van der Waals surface area contributed by atoms with Crippen LogP contribution < -0.4 is 5.32 Å². The maximum atomic E-state index is 8.75. The predicted octanol–water partition coefficient (Wildman–Crippen LogP) is 3.04. The van der Waals surface area contributed by atoms with Crippen molar-refractivity contribution in [2.75, 3.05) is 18.5 Å². The topological polar surface area (TPSA) is 57.9 Å². The number of halogens is 1. The van der Waals surface area contributed by atoms with Crippen LogP contribution in [0.15, 0.2) is 0 Å². The molecule has 1 N–H and O–H groups in total. The van der Waals surface area contributed by atoms with E-state index in [0.29, 0.717) is 16.1 Å². The van der Waals surface area contributed by atoms with Gasteiger partial charge in [-0.25, -0.2) is 4.98 Å². The van der Waals surface area contributed by atoms with Gasteiger partial charge in [0.2, 0.25) is 0 Å². The van der Waals surface area contributed by atoms with Gasteiger partial charge in [-0.1, -0.05) is 22.9 Å². The molecule has 1 atom stereocenters. The van der Waals surface area contributed by atoms with Crippen LogP contribution in [0.4, 0.5) is 5.13 Å². The van der Waals surface area contributed by atoms with Crippen molar-refractivity contribution < 1.29 is 4.74 Å². The van der Waals surface area contributed by atoms with Crippen LogP contribution in [0, 0.1) is 11.3 Å². The minimum Gasteiger partial charge on any atom is -0.378 e. The molecule has 1 saturated heterocycles. The van der Waals surface area contributed by atoms with E-state index >= 15 is 0 Å². The zero-order valence-electron chi connectivity index (χ0n) is 9.41. The smallest absolute Gasteiger partial charge is 0.185 e. The van der Waals surface area contributed by atoms with E-state index in [4.69, 9.17) is 21.6 Å². The van der Waals surface area contributed by atoms with Gasteiger partial charge in [0.15, 0.2) is 10.3 Å². The van der Waals surface area contributed by atoms with Crippen LogP contribution in [0.3, 0.4) is 0 Å². The maximum Gasteiger partial charge on any atom is 0.185 e. The van der Waals surface area contributed by atoms with E-state index < -0.39 is 0 Å². The van der Waals surface area contributed by atoms with Crippen LogP contribution in [0.1, 0.15) is 30.6 Å². The molecule has 1 fully saturated rings. The van der Waals surface area contributed by atoms with E-state index in [2.05, 4.69) is 10.3 Å². The number of hydrogen-bond acceptors (Lipinski definition) is 5. The summed E-state index contributed by atoms with van der Waals surface area (Å²) in [7, 11) is 0. The minimum atomic E-state index is 0.286. The molecule has 2 rings (SSSR count). The largest absolute Gasteiger partial charge is 0.378 e. The highest BCUT2D eigenvalue weighted by Gasteiger charge is 2.14. The molecular formula is C11H14ClN3OS.